The molecule has 0 bridgehead atoms. The molecular weight excluding hydrogens is 266 g/mol. The SMILES string of the molecule is O=C(O)CC(O)C(O)c1cc(Cl)ccc1[N+](=O)[O-]. The third-order valence-electron chi connectivity index (χ3n) is 2.25. The van der Waals surface area contributed by atoms with E-state index in [0.717, 1.165) is 12.1 Å². The Morgan fingerprint density at radius 1 is 1.44 bits per heavy atom. The number of hydrogen-bond donors (Lipinski definition) is 3. The number of aliphatic hydroxyl groups is 2. The normalized spacial score (nSPS) is 13.9. The van der Waals surface area contributed by atoms with Crippen molar-refractivity contribution >= 4 is 23.3 Å². The van der Waals surface area contributed by atoms with Gasteiger partial charge in [0, 0.05) is 11.1 Å². The van der Waals surface area contributed by atoms with Crippen LogP contribution in [-0.4, -0.2) is 32.3 Å². The second-order valence-electron chi connectivity index (χ2n) is 3.57. The van der Waals surface area contributed by atoms with E-state index in [4.69, 9.17) is 16.7 Å². The van der Waals surface area contributed by atoms with Crippen LogP contribution in [0.2, 0.25) is 5.02 Å². The molecule has 0 saturated carbocycles. The molecule has 0 spiro atoms. The predicted molar refractivity (Wildman–Crippen MR) is 61.3 cm³/mol. The number of halogens is 1. The number of nitro groups is 1. The van der Waals surface area contributed by atoms with E-state index in [1.54, 1.807) is 0 Å². The number of nitro benzene ring substituents is 1. The van der Waals surface area contributed by atoms with E-state index < -0.39 is 35.2 Å². The Hall–Kier alpha value is -1.70. The van der Waals surface area contributed by atoms with Crippen LogP contribution in [-0.2, 0) is 4.79 Å². The molecule has 98 valence electrons. The fourth-order valence-corrected chi connectivity index (χ4v) is 1.61. The maximum Gasteiger partial charge on any atom is 0.306 e. The minimum absolute atomic E-state index is 0.136. The number of hydrogen-bond acceptors (Lipinski definition) is 5. The summed E-state index contributed by atoms with van der Waals surface area (Å²) in [6.45, 7) is 0. The first kappa shape index (κ1) is 14.4. The molecule has 0 heterocycles. The summed E-state index contributed by atoms with van der Waals surface area (Å²) in [5.74, 6) is -1.33. The van der Waals surface area contributed by atoms with Gasteiger partial charge in [-0.05, 0) is 12.1 Å². The molecule has 2 unspecified atom stereocenters. The zero-order valence-corrected chi connectivity index (χ0v) is 9.74. The molecule has 0 aliphatic rings. The third-order valence-corrected chi connectivity index (χ3v) is 2.49. The van der Waals surface area contributed by atoms with E-state index >= 15 is 0 Å². The molecule has 1 rings (SSSR count). The number of benzene rings is 1. The average Bonchev–Trinajstić information content (AvgIpc) is 2.26. The van der Waals surface area contributed by atoms with Crippen LogP contribution in [0.25, 0.3) is 0 Å². The van der Waals surface area contributed by atoms with Gasteiger partial charge in [0.2, 0.25) is 0 Å². The molecule has 0 amide bonds. The van der Waals surface area contributed by atoms with Crippen LogP contribution in [0.15, 0.2) is 18.2 Å². The molecule has 8 heteroatoms. The zero-order valence-electron chi connectivity index (χ0n) is 8.99. The van der Waals surface area contributed by atoms with Gasteiger partial charge < -0.3 is 15.3 Å². The van der Waals surface area contributed by atoms with Gasteiger partial charge in [-0.15, -0.1) is 0 Å². The molecule has 7 nitrogen and oxygen atoms in total. The molecular formula is C10H10ClNO6. The monoisotopic (exact) mass is 275 g/mol. The smallest absolute Gasteiger partial charge is 0.306 e. The van der Waals surface area contributed by atoms with Crippen molar-refractivity contribution in [3.8, 4) is 0 Å². The van der Waals surface area contributed by atoms with Crippen LogP contribution in [0.3, 0.4) is 0 Å². The summed E-state index contributed by atoms with van der Waals surface area (Å²) in [5, 5.41) is 38.5. The summed E-state index contributed by atoms with van der Waals surface area (Å²) in [6.07, 6.45) is -4.08. The van der Waals surface area contributed by atoms with E-state index in [1.807, 2.05) is 0 Å². The molecule has 3 N–H and O–H groups in total. The van der Waals surface area contributed by atoms with Crippen molar-refractivity contribution in [3.05, 3.63) is 38.9 Å². The summed E-state index contributed by atoms with van der Waals surface area (Å²) >= 11 is 5.64. The van der Waals surface area contributed by atoms with Crippen molar-refractivity contribution in [1.29, 1.82) is 0 Å². The summed E-state index contributed by atoms with van der Waals surface area (Å²) in [6, 6.07) is 3.46. The number of aliphatic hydroxyl groups excluding tert-OH is 2. The Kier molecular flexibility index (Phi) is 4.60. The fourth-order valence-electron chi connectivity index (χ4n) is 1.43. The van der Waals surface area contributed by atoms with Crippen molar-refractivity contribution in [2.24, 2.45) is 0 Å². The minimum atomic E-state index is -1.69. The van der Waals surface area contributed by atoms with Crippen molar-refractivity contribution in [2.45, 2.75) is 18.6 Å². The largest absolute Gasteiger partial charge is 0.481 e. The number of rotatable bonds is 5. The Morgan fingerprint density at radius 2 is 2.06 bits per heavy atom. The van der Waals surface area contributed by atoms with Gasteiger partial charge in [0.25, 0.3) is 5.69 Å². The number of carboxylic acids is 1. The van der Waals surface area contributed by atoms with Gasteiger partial charge >= 0.3 is 5.97 Å². The summed E-state index contributed by atoms with van der Waals surface area (Å²) < 4.78 is 0. The van der Waals surface area contributed by atoms with Crippen LogP contribution in [0, 0.1) is 10.1 Å². The van der Waals surface area contributed by atoms with Gasteiger partial charge in [0.15, 0.2) is 0 Å². The number of nitrogens with zero attached hydrogens (tertiary/aromatic N) is 1. The number of carboxylic acid groups (broad SMARTS) is 1. The zero-order chi connectivity index (χ0) is 13.9. The van der Waals surface area contributed by atoms with Crippen molar-refractivity contribution in [3.63, 3.8) is 0 Å². The first-order valence-electron chi connectivity index (χ1n) is 4.84. The highest BCUT2D eigenvalue weighted by atomic mass is 35.5. The van der Waals surface area contributed by atoms with E-state index in [2.05, 4.69) is 0 Å². The van der Waals surface area contributed by atoms with Crippen LogP contribution in [0.5, 0.6) is 0 Å². The van der Waals surface area contributed by atoms with Gasteiger partial charge in [-0.1, -0.05) is 11.6 Å². The lowest BCUT2D eigenvalue weighted by Gasteiger charge is -2.16. The van der Waals surface area contributed by atoms with Crippen LogP contribution < -0.4 is 0 Å². The first-order valence-corrected chi connectivity index (χ1v) is 5.22. The van der Waals surface area contributed by atoms with E-state index in [9.17, 15) is 25.1 Å². The Bertz CT molecular complexity index is 477. The molecule has 0 radical (unpaired) electrons. The average molecular weight is 276 g/mol. The Labute approximate surface area is 106 Å². The first-order chi connectivity index (χ1) is 8.32. The standard InChI is InChI=1S/C10H10ClNO6/c11-5-1-2-7(12(17)18)6(3-5)10(16)8(13)4-9(14)15/h1-3,8,10,13,16H,4H2,(H,14,15). The molecule has 0 aromatic heterocycles. The Morgan fingerprint density at radius 3 is 2.56 bits per heavy atom. The van der Waals surface area contributed by atoms with Gasteiger partial charge in [-0.2, -0.15) is 0 Å². The lowest BCUT2D eigenvalue weighted by molar-refractivity contribution is -0.386. The highest BCUT2D eigenvalue weighted by molar-refractivity contribution is 6.30. The van der Waals surface area contributed by atoms with Gasteiger partial charge in [-0.25, -0.2) is 0 Å². The minimum Gasteiger partial charge on any atom is -0.481 e. The van der Waals surface area contributed by atoms with Crippen molar-refractivity contribution in [2.75, 3.05) is 0 Å². The van der Waals surface area contributed by atoms with E-state index in [1.165, 1.54) is 6.07 Å². The quantitative estimate of drug-likeness (QED) is 0.547. The molecule has 0 saturated heterocycles. The second-order valence-corrected chi connectivity index (χ2v) is 4.01. The third kappa shape index (κ3) is 3.39. The maximum absolute atomic E-state index is 10.7. The molecule has 2 atom stereocenters. The second kappa shape index (κ2) is 5.76. The highest BCUT2D eigenvalue weighted by Crippen LogP contribution is 2.30. The topological polar surface area (TPSA) is 121 Å². The highest BCUT2D eigenvalue weighted by Gasteiger charge is 2.27. The van der Waals surface area contributed by atoms with Crippen molar-refractivity contribution < 1.29 is 25.0 Å². The summed E-state index contributed by atoms with van der Waals surface area (Å²) in [4.78, 5) is 20.4. The number of carbonyl (C=O) groups is 1. The molecule has 0 aliphatic carbocycles. The van der Waals surface area contributed by atoms with Crippen LogP contribution in [0.4, 0.5) is 5.69 Å². The van der Waals surface area contributed by atoms with Crippen LogP contribution in [0.1, 0.15) is 18.1 Å². The maximum atomic E-state index is 10.7. The van der Waals surface area contributed by atoms with Crippen LogP contribution >= 0.6 is 11.6 Å². The molecule has 0 aliphatic heterocycles. The van der Waals surface area contributed by atoms with Gasteiger partial charge in [-0.3, -0.25) is 14.9 Å². The molecule has 0 fully saturated rings. The fraction of sp³-hybridized carbons (Fsp3) is 0.300. The van der Waals surface area contributed by atoms with Crippen molar-refractivity contribution in [1.82, 2.24) is 0 Å². The molecule has 1 aromatic carbocycles. The number of aliphatic carboxylic acids is 1. The Balaban J connectivity index is 3.10. The molecule has 18 heavy (non-hydrogen) atoms. The summed E-state index contributed by atoms with van der Waals surface area (Å²) in [7, 11) is 0. The lowest BCUT2D eigenvalue weighted by Crippen LogP contribution is -2.22. The van der Waals surface area contributed by atoms with Gasteiger partial charge in [0.1, 0.15) is 6.10 Å². The van der Waals surface area contributed by atoms with E-state index in [-0.39, 0.29) is 10.6 Å². The molecule has 1 aromatic rings. The van der Waals surface area contributed by atoms with Gasteiger partial charge in [0.05, 0.1) is 23.0 Å². The predicted octanol–water partition coefficient (Wildman–Crippen LogP) is 1.12. The van der Waals surface area contributed by atoms with E-state index in [0.29, 0.717) is 0 Å². The summed E-state index contributed by atoms with van der Waals surface area (Å²) in [5.41, 5.74) is -0.655. The lowest BCUT2D eigenvalue weighted by atomic mass is 10.0.